The quantitative estimate of drug-likeness (QED) is 0.753. The van der Waals surface area contributed by atoms with Gasteiger partial charge in [0.05, 0.1) is 13.2 Å². The van der Waals surface area contributed by atoms with E-state index in [0.717, 1.165) is 43.8 Å². The SMILES string of the molecule is NCc1ccc(OCCCN2CCCNC(=O)C2)cc1. The van der Waals surface area contributed by atoms with Crippen LogP contribution in [0.15, 0.2) is 24.3 Å². The molecule has 1 aromatic rings. The number of carbonyl (C=O) groups excluding carboxylic acids is 1. The van der Waals surface area contributed by atoms with Gasteiger partial charge in [0, 0.05) is 26.2 Å². The molecule has 1 aromatic carbocycles. The number of amides is 1. The smallest absolute Gasteiger partial charge is 0.234 e. The zero-order valence-electron chi connectivity index (χ0n) is 11.8. The van der Waals surface area contributed by atoms with Gasteiger partial charge in [0.25, 0.3) is 0 Å². The van der Waals surface area contributed by atoms with Crippen LogP contribution >= 0.6 is 0 Å². The molecule has 0 aromatic heterocycles. The Hall–Kier alpha value is -1.59. The standard InChI is InChI=1S/C15H23N3O2/c16-11-13-3-5-14(6-4-13)20-10-2-9-18-8-1-7-17-15(19)12-18/h3-6H,1-2,7-12,16H2,(H,17,19). The summed E-state index contributed by atoms with van der Waals surface area (Å²) in [5.41, 5.74) is 6.65. The molecular weight excluding hydrogens is 254 g/mol. The predicted octanol–water partition coefficient (Wildman–Crippen LogP) is 0.736. The van der Waals surface area contributed by atoms with E-state index < -0.39 is 0 Å². The van der Waals surface area contributed by atoms with E-state index in [1.54, 1.807) is 0 Å². The first-order valence-electron chi connectivity index (χ1n) is 7.19. The lowest BCUT2D eigenvalue weighted by atomic mass is 10.2. The van der Waals surface area contributed by atoms with Gasteiger partial charge in [0.15, 0.2) is 0 Å². The highest BCUT2D eigenvalue weighted by Gasteiger charge is 2.13. The molecule has 1 heterocycles. The molecule has 1 aliphatic rings. The summed E-state index contributed by atoms with van der Waals surface area (Å²) in [6.45, 7) is 4.39. The fourth-order valence-corrected chi connectivity index (χ4v) is 2.26. The largest absolute Gasteiger partial charge is 0.494 e. The van der Waals surface area contributed by atoms with Gasteiger partial charge in [0.2, 0.25) is 5.91 Å². The molecular formula is C15H23N3O2. The van der Waals surface area contributed by atoms with Crippen LogP contribution in [0.1, 0.15) is 18.4 Å². The van der Waals surface area contributed by atoms with Gasteiger partial charge in [-0.25, -0.2) is 0 Å². The molecule has 0 unspecified atom stereocenters. The third kappa shape index (κ3) is 4.83. The Bertz CT molecular complexity index is 420. The molecule has 1 saturated heterocycles. The van der Waals surface area contributed by atoms with E-state index in [9.17, 15) is 4.79 Å². The summed E-state index contributed by atoms with van der Waals surface area (Å²) in [7, 11) is 0. The van der Waals surface area contributed by atoms with Gasteiger partial charge in [0.1, 0.15) is 5.75 Å². The van der Waals surface area contributed by atoms with Crippen LogP contribution in [0.25, 0.3) is 0 Å². The van der Waals surface area contributed by atoms with Crippen molar-refractivity contribution in [1.29, 1.82) is 0 Å². The zero-order valence-corrected chi connectivity index (χ0v) is 11.8. The molecule has 5 nitrogen and oxygen atoms in total. The van der Waals surface area contributed by atoms with Gasteiger partial charge < -0.3 is 15.8 Å². The fraction of sp³-hybridized carbons (Fsp3) is 0.533. The Morgan fingerprint density at radius 2 is 2.10 bits per heavy atom. The molecule has 0 atom stereocenters. The molecule has 110 valence electrons. The highest BCUT2D eigenvalue weighted by Crippen LogP contribution is 2.12. The highest BCUT2D eigenvalue weighted by atomic mass is 16.5. The number of benzene rings is 1. The zero-order chi connectivity index (χ0) is 14.2. The third-order valence-electron chi connectivity index (χ3n) is 3.39. The Labute approximate surface area is 120 Å². The number of ether oxygens (including phenoxy) is 1. The second-order valence-electron chi connectivity index (χ2n) is 5.03. The molecule has 1 fully saturated rings. The molecule has 1 aliphatic heterocycles. The lowest BCUT2D eigenvalue weighted by Gasteiger charge is -2.18. The summed E-state index contributed by atoms with van der Waals surface area (Å²) in [5.74, 6) is 0.997. The van der Waals surface area contributed by atoms with Crippen molar-refractivity contribution in [2.45, 2.75) is 19.4 Å². The molecule has 0 saturated carbocycles. The topological polar surface area (TPSA) is 67.6 Å². The monoisotopic (exact) mass is 277 g/mol. The maximum Gasteiger partial charge on any atom is 0.234 e. The lowest BCUT2D eigenvalue weighted by Crippen LogP contribution is -2.34. The molecule has 5 heteroatoms. The number of hydrogen-bond acceptors (Lipinski definition) is 4. The first kappa shape index (κ1) is 14.8. The minimum absolute atomic E-state index is 0.126. The maximum atomic E-state index is 11.4. The minimum atomic E-state index is 0.126. The molecule has 1 amide bonds. The Balaban J connectivity index is 1.66. The van der Waals surface area contributed by atoms with Crippen molar-refractivity contribution in [3.63, 3.8) is 0 Å². The van der Waals surface area contributed by atoms with Crippen LogP contribution in [0.3, 0.4) is 0 Å². The van der Waals surface area contributed by atoms with E-state index in [0.29, 0.717) is 19.7 Å². The van der Waals surface area contributed by atoms with E-state index >= 15 is 0 Å². The van der Waals surface area contributed by atoms with E-state index in [4.69, 9.17) is 10.5 Å². The van der Waals surface area contributed by atoms with Crippen molar-refractivity contribution in [2.24, 2.45) is 5.73 Å². The molecule has 3 N–H and O–H groups in total. The second-order valence-corrected chi connectivity index (χ2v) is 5.03. The third-order valence-corrected chi connectivity index (χ3v) is 3.39. The van der Waals surface area contributed by atoms with Gasteiger partial charge in [-0.05, 0) is 30.5 Å². The van der Waals surface area contributed by atoms with Crippen LogP contribution in [0.4, 0.5) is 0 Å². The Morgan fingerprint density at radius 3 is 2.85 bits per heavy atom. The number of hydrogen-bond donors (Lipinski definition) is 2. The van der Waals surface area contributed by atoms with Gasteiger partial charge in [-0.2, -0.15) is 0 Å². The van der Waals surface area contributed by atoms with Crippen molar-refractivity contribution in [2.75, 3.05) is 32.8 Å². The average molecular weight is 277 g/mol. The molecule has 0 spiro atoms. The number of carbonyl (C=O) groups is 1. The number of nitrogens with zero attached hydrogens (tertiary/aromatic N) is 1. The Morgan fingerprint density at radius 1 is 1.30 bits per heavy atom. The molecule has 0 radical (unpaired) electrons. The number of nitrogens with two attached hydrogens (primary N) is 1. The predicted molar refractivity (Wildman–Crippen MR) is 78.5 cm³/mol. The Kier molecular flexibility index (Phi) is 5.83. The van der Waals surface area contributed by atoms with Crippen LogP contribution in [0.5, 0.6) is 5.75 Å². The lowest BCUT2D eigenvalue weighted by molar-refractivity contribution is -0.121. The summed E-state index contributed by atoms with van der Waals surface area (Å²) >= 11 is 0. The summed E-state index contributed by atoms with van der Waals surface area (Å²) in [6.07, 6.45) is 1.94. The highest BCUT2D eigenvalue weighted by molar-refractivity contribution is 5.78. The number of nitrogens with one attached hydrogen (secondary N) is 1. The van der Waals surface area contributed by atoms with Crippen molar-refractivity contribution in [3.8, 4) is 5.75 Å². The van der Waals surface area contributed by atoms with Gasteiger partial charge >= 0.3 is 0 Å². The average Bonchev–Trinajstić information content (AvgIpc) is 2.68. The van der Waals surface area contributed by atoms with E-state index in [-0.39, 0.29) is 5.91 Å². The van der Waals surface area contributed by atoms with E-state index in [2.05, 4.69) is 10.2 Å². The molecule has 0 aliphatic carbocycles. The van der Waals surface area contributed by atoms with Crippen LogP contribution in [0, 0.1) is 0 Å². The van der Waals surface area contributed by atoms with Crippen molar-refractivity contribution < 1.29 is 9.53 Å². The normalized spacial score (nSPS) is 16.6. The van der Waals surface area contributed by atoms with Crippen LogP contribution in [0.2, 0.25) is 0 Å². The van der Waals surface area contributed by atoms with E-state index in [1.165, 1.54) is 0 Å². The van der Waals surface area contributed by atoms with Crippen molar-refractivity contribution in [1.82, 2.24) is 10.2 Å². The first-order valence-corrected chi connectivity index (χ1v) is 7.19. The maximum absolute atomic E-state index is 11.4. The van der Waals surface area contributed by atoms with Crippen LogP contribution < -0.4 is 15.8 Å². The summed E-state index contributed by atoms with van der Waals surface area (Å²) < 4.78 is 5.69. The minimum Gasteiger partial charge on any atom is -0.494 e. The first-order chi connectivity index (χ1) is 9.78. The van der Waals surface area contributed by atoms with E-state index in [1.807, 2.05) is 24.3 Å². The van der Waals surface area contributed by atoms with Gasteiger partial charge in [-0.3, -0.25) is 9.69 Å². The summed E-state index contributed by atoms with van der Waals surface area (Å²) in [6, 6.07) is 7.85. The summed E-state index contributed by atoms with van der Waals surface area (Å²) in [5, 5.41) is 2.88. The van der Waals surface area contributed by atoms with Crippen LogP contribution in [-0.2, 0) is 11.3 Å². The fourth-order valence-electron chi connectivity index (χ4n) is 2.26. The van der Waals surface area contributed by atoms with Crippen molar-refractivity contribution >= 4 is 5.91 Å². The summed E-state index contributed by atoms with van der Waals surface area (Å²) in [4.78, 5) is 13.6. The molecule has 0 bridgehead atoms. The molecule has 2 rings (SSSR count). The van der Waals surface area contributed by atoms with Crippen LogP contribution in [-0.4, -0.2) is 43.6 Å². The molecule has 20 heavy (non-hydrogen) atoms. The van der Waals surface area contributed by atoms with Crippen molar-refractivity contribution in [3.05, 3.63) is 29.8 Å². The second kappa shape index (κ2) is 7.87. The number of rotatable bonds is 6. The van der Waals surface area contributed by atoms with Gasteiger partial charge in [-0.1, -0.05) is 12.1 Å². The van der Waals surface area contributed by atoms with Gasteiger partial charge in [-0.15, -0.1) is 0 Å².